The molecular formula is C13H25N3O5. The van der Waals surface area contributed by atoms with Crippen molar-refractivity contribution >= 4 is 17.9 Å². The molecule has 0 aliphatic carbocycles. The van der Waals surface area contributed by atoms with Crippen LogP contribution < -0.4 is 16.0 Å². The van der Waals surface area contributed by atoms with Gasteiger partial charge < -0.3 is 25.8 Å². The Morgan fingerprint density at radius 3 is 2.19 bits per heavy atom. The highest BCUT2D eigenvalue weighted by Crippen LogP contribution is 2.14. The van der Waals surface area contributed by atoms with Gasteiger partial charge in [0.25, 0.3) is 0 Å². The molecule has 122 valence electrons. The van der Waals surface area contributed by atoms with E-state index in [4.69, 9.17) is 4.74 Å². The second-order valence-corrected chi connectivity index (χ2v) is 4.57. The molecule has 0 saturated heterocycles. The molecule has 0 aromatic rings. The maximum absolute atomic E-state index is 11.7. The van der Waals surface area contributed by atoms with E-state index in [-0.39, 0.29) is 31.7 Å². The molecule has 0 fully saturated rings. The number of carbonyl (C=O) groups excluding carboxylic acids is 2. The molecule has 0 bridgehead atoms. The molecule has 0 aromatic heterocycles. The Morgan fingerprint density at radius 1 is 1.10 bits per heavy atom. The second kappa shape index (κ2) is 9.98. The molecule has 0 aromatic carbocycles. The molecule has 0 rings (SSSR count). The van der Waals surface area contributed by atoms with Crippen LogP contribution in [0, 0.1) is 0 Å². The van der Waals surface area contributed by atoms with Crippen LogP contribution in [0.4, 0.5) is 4.79 Å². The first-order valence-electron chi connectivity index (χ1n) is 6.96. The predicted molar refractivity (Wildman–Crippen MR) is 77.0 cm³/mol. The van der Waals surface area contributed by atoms with Crippen molar-refractivity contribution in [3.8, 4) is 0 Å². The monoisotopic (exact) mass is 303 g/mol. The van der Waals surface area contributed by atoms with Crippen LogP contribution in [0.3, 0.4) is 0 Å². The summed E-state index contributed by atoms with van der Waals surface area (Å²) in [5.41, 5.74) is -1.27. The number of rotatable bonds is 10. The minimum atomic E-state index is -1.27. The van der Waals surface area contributed by atoms with E-state index in [9.17, 15) is 19.5 Å². The summed E-state index contributed by atoms with van der Waals surface area (Å²) in [6.07, 6.45) is 0.684. The highest BCUT2D eigenvalue weighted by Gasteiger charge is 2.36. The van der Waals surface area contributed by atoms with Crippen molar-refractivity contribution in [3.05, 3.63) is 0 Å². The Labute approximate surface area is 124 Å². The average Bonchev–Trinajstić information content (AvgIpc) is 2.44. The van der Waals surface area contributed by atoms with Gasteiger partial charge in [-0.05, 0) is 12.8 Å². The lowest BCUT2D eigenvalue weighted by molar-refractivity contribution is -0.144. The van der Waals surface area contributed by atoms with E-state index in [0.29, 0.717) is 13.2 Å². The van der Waals surface area contributed by atoms with Crippen LogP contribution in [0.25, 0.3) is 0 Å². The number of urea groups is 1. The molecule has 4 N–H and O–H groups in total. The van der Waals surface area contributed by atoms with Gasteiger partial charge in [0.2, 0.25) is 5.91 Å². The van der Waals surface area contributed by atoms with Crippen LogP contribution in [-0.2, 0) is 14.3 Å². The molecule has 0 atom stereocenters. The second-order valence-electron chi connectivity index (χ2n) is 4.57. The lowest BCUT2D eigenvalue weighted by Gasteiger charge is -2.28. The van der Waals surface area contributed by atoms with E-state index in [0.717, 1.165) is 0 Å². The highest BCUT2D eigenvalue weighted by atomic mass is 16.5. The number of hydrogen-bond donors (Lipinski definition) is 4. The number of carbonyl (C=O) groups is 3. The van der Waals surface area contributed by atoms with Crippen LogP contribution in [0.2, 0.25) is 0 Å². The summed E-state index contributed by atoms with van der Waals surface area (Å²) in [6.45, 7) is 4.36. The molecular weight excluding hydrogens is 278 g/mol. The first-order valence-corrected chi connectivity index (χ1v) is 6.96. The zero-order valence-corrected chi connectivity index (χ0v) is 12.8. The Kier molecular flexibility index (Phi) is 9.11. The first-order chi connectivity index (χ1) is 9.91. The largest absolute Gasteiger partial charge is 0.480 e. The number of carboxylic acid groups (broad SMARTS) is 1. The minimum Gasteiger partial charge on any atom is -0.480 e. The third-order valence-corrected chi connectivity index (χ3v) is 3.24. The summed E-state index contributed by atoms with van der Waals surface area (Å²) in [5, 5.41) is 16.7. The molecule has 8 nitrogen and oxygen atoms in total. The van der Waals surface area contributed by atoms with Crippen molar-refractivity contribution in [2.75, 3.05) is 26.8 Å². The lowest BCUT2D eigenvalue weighted by atomic mass is 9.93. The fraction of sp³-hybridized carbons (Fsp3) is 0.769. The van der Waals surface area contributed by atoms with Crippen LogP contribution in [0.15, 0.2) is 0 Å². The van der Waals surface area contributed by atoms with Gasteiger partial charge in [-0.25, -0.2) is 9.59 Å². The number of carboxylic acids is 1. The summed E-state index contributed by atoms with van der Waals surface area (Å²) in [4.78, 5) is 34.3. The van der Waals surface area contributed by atoms with Crippen LogP contribution >= 0.6 is 0 Å². The fourth-order valence-electron chi connectivity index (χ4n) is 1.71. The summed E-state index contributed by atoms with van der Waals surface area (Å²) in [6, 6.07) is -0.592. The zero-order chi connectivity index (χ0) is 16.3. The minimum absolute atomic E-state index is 0.120. The van der Waals surface area contributed by atoms with E-state index in [1.54, 1.807) is 13.8 Å². The number of ether oxygens (including phenoxy) is 1. The van der Waals surface area contributed by atoms with E-state index in [2.05, 4.69) is 16.0 Å². The first kappa shape index (κ1) is 19.2. The van der Waals surface area contributed by atoms with Crippen molar-refractivity contribution < 1.29 is 24.2 Å². The van der Waals surface area contributed by atoms with Gasteiger partial charge in [-0.3, -0.25) is 4.79 Å². The molecule has 0 radical (unpaired) electrons. The molecule has 21 heavy (non-hydrogen) atoms. The number of nitrogens with one attached hydrogen (secondary N) is 3. The molecule has 3 amide bonds. The molecule has 0 aliphatic heterocycles. The highest BCUT2D eigenvalue weighted by molar-refractivity contribution is 5.86. The molecule has 0 heterocycles. The summed E-state index contributed by atoms with van der Waals surface area (Å²) in [5.74, 6) is -1.28. The maximum Gasteiger partial charge on any atom is 0.329 e. The normalized spacial score (nSPS) is 10.8. The van der Waals surface area contributed by atoms with Gasteiger partial charge in [0.1, 0.15) is 5.54 Å². The quantitative estimate of drug-likeness (QED) is 0.426. The molecule has 0 aliphatic rings. The van der Waals surface area contributed by atoms with E-state index in [1.807, 2.05) is 0 Å². The van der Waals surface area contributed by atoms with Crippen molar-refractivity contribution in [1.29, 1.82) is 0 Å². The third-order valence-electron chi connectivity index (χ3n) is 3.24. The van der Waals surface area contributed by atoms with Crippen molar-refractivity contribution in [2.45, 2.75) is 38.6 Å². The molecule has 8 heteroatoms. The topological polar surface area (TPSA) is 117 Å². The van der Waals surface area contributed by atoms with Crippen LogP contribution in [0.1, 0.15) is 33.1 Å². The standard InChI is InChI=1S/C13H25N3O5/c1-4-13(5-2,11(18)19)16-12(20)15-7-6-10(17)14-8-9-21-3/h4-9H2,1-3H3,(H,14,17)(H,18,19)(H2,15,16,20). The van der Waals surface area contributed by atoms with Gasteiger partial charge in [0, 0.05) is 26.6 Å². The zero-order valence-electron chi connectivity index (χ0n) is 12.8. The van der Waals surface area contributed by atoms with E-state index >= 15 is 0 Å². The van der Waals surface area contributed by atoms with Gasteiger partial charge in [-0.2, -0.15) is 0 Å². The predicted octanol–water partition coefficient (Wildman–Crippen LogP) is 0.0817. The fourth-order valence-corrected chi connectivity index (χ4v) is 1.71. The van der Waals surface area contributed by atoms with Gasteiger partial charge in [0.15, 0.2) is 0 Å². The van der Waals surface area contributed by atoms with Crippen molar-refractivity contribution in [2.24, 2.45) is 0 Å². The number of methoxy groups -OCH3 is 1. The summed E-state index contributed by atoms with van der Waals surface area (Å²) in [7, 11) is 1.54. The number of hydrogen-bond acceptors (Lipinski definition) is 4. The maximum atomic E-state index is 11.7. The number of amides is 3. The van der Waals surface area contributed by atoms with Crippen LogP contribution in [0.5, 0.6) is 0 Å². The Bertz CT molecular complexity index is 356. The third kappa shape index (κ3) is 6.94. The van der Waals surface area contributed by atoms with Crippen molar-refractivity contribution in [3.63, 3.8) is 0 Å². The summed E-state index contributed by atoms with van der Waals surface area (Å²) < 4.78 is 4.79. The van der Waals surface area contributed by atoms with Gasteiger partial charge in [-0.1, -0.05) is 13.8 Å². The van der Waals surface area contributed by atoms with Gasteiger partial charge in [-0.15, -0.1) is 0 Å². The number of aliphatic carboxylic acids is 1. The Hall–Kier alpha value is -1.83. The lowest BCUT2D eigenvalue weighted by Crippen LogP contribution is -2.56. The van der Waals surface area contributed by atoms with Crippen LogP contribution in [-0.4, -0.2) is 55.4 Å². The molecule has 0 spiro atoms. The van der Waals surface area contributed by atoms with E-state index < -0.39 is 17.5 Å². The average molecular weight is 303 g/mol. The Morgan fingerprint density at radius 2 is 1.71 bits per heavy atom. The molecule has 0 unspecified atom stereocenters. The molecule has 0 saturated carbocycles. The van der Waals surface area contributed by atoms with Gasteiger partial charge >= 0.3 is 12.0 Å². The Balaban J connectivity index is 4.09. The SMILES string of the molecule is CCC(CC)(NC(=O)NCCC(=O)NCCOC)C(=O)O. The smallest absolute Gasteiger partial charge is 0.329 e. The van der Waals surface area contributed by atoms with E-state index in [1.165, 1.54) is 7.11 Å². The van der Waals surface area contributed by atoms with Gasteiger partial charge in [0.05, 0.1) is 6.61 Å². The summed E-state index contributed by atoms with van der Waals surface area (Å²) >= 11 is 0. The van der Waals surface area contributed by atoms with Crippen molar-refractivity contribution in [1.82, 2.24) is 16.0 Å².